The number of likely N-dealkylation sites (tertiary alicyclic amines) is 1. The first-order valence-electron chi connectivity index (χ1n) is 12.3. The number of carbonyl (C=O) groups is 2. The van der Waals surface area contributed by atoms with Crippen molar-refractivity contribution in [3.05, 3.63) is 69.7 Å². The van der Waals surface area contributed by atoms with E-state index in [2.05, 4.69) is 0 Å². The molecule has 2 aliphatic carbocycles. The Morgan fingerprint density at radius 3 is 2.31 bits per heavy atom. The first-order valence-corrected chi connectivity index (χ1v) is 13.0. The van der Waals surface area contributed by atoms with E-state index in [-0.39, 0.29) is 23.8 Å². The largest absolute Gasteiger partial charge is 0.481 e. The summed E-state index contributed by atoms with van der Waals surface area (Å²) in [5.41, 5.74) is -1.42. The number of likely N-dealkylation sites (N-methyl/N-ethyl adjacent to an activating group) is 1. The van der Waals surface area contributed by atoms with Crippen molar-refractivity contribution in [3.63, 3.8) is 0 Å². The number of hydrogen-bond acceptors (Lipinski definition) is 3. The summed E-state index contributed by atoms with van der Waals surface area (Å²) in [7, 11) is 1.76. The van der Waals surface area contributed by atoms with Crippen LogP contribution in [0.15, 0.2) is 48.5 Å². The van der Waals surface area contributed by atoms with Crippen LogP contribution in [0, 0.1) is 16.7 Å². The van der Waals surface area contributed by atoms with E-state index >= 15 is 0 Å². The van der Waals surface area contributed by atoms with Crippen molar-refractivity contribution >= 4 is 35.1 Å². The predicted molar refractivity (Wildman–Crippen MR) is 135 cm³/mol. The van der Waals surface area contributed by atoms with E-state index in [0.29, 0.717) is 35.7 Å². The summed E-state index contributed by atoms with van der Waals surface area (Å²) in [6.07, 6.45) is 3.60. The van der Waals surface area contributed by atoms with Gasteiger partial charge in [-0.25, -0.2) is 0 Å². The average Bonchev–Trinajstić information content (AvgIpc) is 3.72. The first-order chi connectivity index (χ1) is 16.5. The van der Waals surface area contributed by atoms with Gasteiger partial charge in [-0.15, -0.1) is 0 Å². The molecule has 2 aromatic rings. The molecule has 4 atom stereocenters. The zero-order valence-corrected chi connectivity index (χ0v) is 21.5. The Balaban J connectivity index is 1.58. The molecular weight excluding hydrogens is 485 g/mol. The third-order valence-electron chi connectivity index (χ3n) is 8.99. The number of hydrogen-bond donors (Lipinski definition) is 2. The topological polar surface area (TPSA) is 77.8 Å². The third-order valence-corrected chi connectivity index (χ3v) is 9.48. The second-order valence-corrected chi connectivity index (χ2v) is 11.9. The van der Waals surface area contributed by atoms with Crippen LogP contribution in [0.1, 0.15) is 62.5 Å². The van der Waals surface area contributed by atoms with E-state index in [1.165, 1.54) is 0 Å². The third kappa shape index (κ3) is 3.96. The van der Waals surface area contributed by atoms with Gasteiger partial charge in [-0.1, -0.05) is 47.5 Å². The van der Waals surface area contributed by atoms with Gasteiger partial charge in [-0.3, -0.25) is 9.59 Å². The molecule has 0 unspecified atom stereocenters. The van der Waals surface area contributed by atoms with Crippen molar-refractivity contribution in [2.75, 3.05) is 7.05 Å². The highest BCUT2D eigenvalue weighted by atomic mass is 35.5. The summed E-state index contributed by atoms with van der Waals surface area (Å²) in [6.45, 7) is 1.81. The molecule has 2 N–H and O–H groups in total. The van der Waals surface area contributed by atoms with Crippen molar-refractivity contribution < 1.29 is 19.8 Å². The standard InChI is InChI=1S/C28H31Cl2NO4/c1-26(27(12-13-27)25(33)34)15-22(17-4-3-5-21(30)14-17)23(31(2)24(26)32)16-28(35,18-6-7-18)19-8-10-20(29)11-9-19/h3-5,8-11,14,18,22-23,35H,6-7,12-13,15-16H2,1-2H3,(H,33,34)/t22-,23+,26-,28+/m1/s1. The van der Waals surface area contributed by atoms with Gasteiger partial charge >= 0.3 is 5.97 Å². The molecule has 3 aliphatic rings. The molecule has 1 saturated heterocycles. The van der Waals surface area contributed by atoms with E-state index in [9.17, 15) is 19.8 Å². The van der Waals surface area contributed by atoms with Crippen LogP contribution in [0.25, 0.3) is 0 Å². The van der Waals surface area contributed by atoms with Crippen LogP contribution in [0.5, 0.6) is 0 Å². The van der Waals surface area contributed by atoms with E-state index < -0.39 is 22.4 Å². The lowest BCUT2D eigenvalue weighted by molar-refractivity contribution is -0.168. The molecule has 5 rings (SSSR count). The summed E-state index contributed by atoms with van der Waals surface area (Å²) in [4.78, 5) is 27.9. The Kier molecular flexibility index (Phi) is 5.98. The minimum Gasteiger partial charge on any atom is -0.481 e. The molecule has 2 aromatic carbocycles. The maximum Gasteiger partial charge on any atom is 0.310 e. The monoisotopic (exact) mass is 515 g/mol. The number of carboxylic acids is 1. The number of amides is 1. The molecular formula is C28H31Cl2NO4. The van der Waals surface area contributed by atoms with Crippen LogP contribution in [0.2, 0.25) is 10.0 Å². The highest BCUT2D eigenvalue weighted by Gasteiger charge is 2.69. The molecule has 0 radical (unpaired) electrons. The fraction of sp³-hybridized carbons (Fsp3) is 0.500. The van der Waals surface area contributed by atoms with Crippen molar-refractivity contribution in [3.8, 4) is 0 Å². The lowest BCUT2D eigenvalue weighted by Crippen LogP contribution is -2.59. The highest BCUT2D eigenvalue weighted by molar-refractivity contribution is 6.30. The van der Waals surface area contributed by atoms with Gasteiger partial charge in [0.2, 0.25) is 5.91 Å². The zero-order valence-electron chi connectivity index (χ0n) is 20.0. The van der Waals surface area contributed by atoms with Gasteiger partial charge < -0.3 is 15.1 Å². The second-order valence-electron chi connectivity index (χ2n) is 11.0. The molecule has 0 aromatic heterocycles. The fourth-order valence-electron chi connectivity index (χ4n) is 6.49. The second kappa shape index (κ2) is 8.50. The number of benzene rings is 2. The van der Waals surface area contributed by atoms with Gasteiger partial charge in [0, 0.05) is 35.5 Å². The Morgan fingerprint density at radius 2 is 1.77 bits per heavy atom. The number of nitrogens with zero attached hydrogens (tertiary/aromatic N) is 1. The smallest absolute Gasteiger partial charge is 0.310 e. The molecule has 1 heterocycles. The summed E-state index contributed by atoms with van der Waals surface area (Å²) in [6, 6.07) is 14.6. The summed E-state index contributed by atoms with van der Waals surface area (Å²) >= 11 is 12.5. The predicted octanol–water partition coefficient (Wildman–Crippen LogP) is 5.87. The van der Waals surface area contributed by atoms with Crippen LogP contribution in [0.4, 0.5) is 0 Å². The zero-order chi connectivity index (χ0) is 25.2. The molecule has 7 heteroatoms. The molecule has 0 spiro atoms. The van der Waals surface area contributed by atoms with Gasteiger partial charge in [-0.05, 0) is 80.3 Å². The molecule has 1 aliphatic heterocycles. The molecule has 3 fully saturated rings. The minimum absolute atomic E-state index is 0.106. The Hall–Kier alpha value is -2.08. The lowest BCUT2D eigenvalue weighted by Gasteiger charge is -2.51. The number of piperidine rings is 1. The number of carbonyl (C=O) groups excluding carboxylic acids is 1. The Labute approximate surface area is 216 Å². The molecule has 2 saturated carbocycles. The van der Waals surface area contributed by atoms with Crippen molar-refractivity contribution in [1.82, 2.24) is 4.90 Å². The minimum atomic E-state index is -1.11. The van der Waals surface area contributed by atoms with E-state index in [0.717, 1.165) is 24.0 Å². The van der Waals surface area contributed by atoms with E-state index in [1.807, 2.05) is 43.3 Å². The SMILES string of the molecule is CN1C(=O)[C@](C)(C2(C(=O)O)CC2)C[C@H](c2cccc(Cl)c2)[C@@H]1C[C@@](O)(c1ccc(Cl)cc1)C1CC1. The molecule has 35 heavy (non-hydrogen) atoms. The van der Waals surface area contributed by atoms with Crippen molar-refractivity contribution in [1.29, 1.82) is 0 Å². The quantitative estimate of drug-likeness (QED) is 0.483. The van der Waals surface area contributed by atoms with Gasteiger partial charge in [0.05, 0.1) is 16.4 Å². The van der Waals surface area contributed by atoms with Crippen LogP contribution >= 0.6 is 23.2 Å². The van der Waals surface area contributed by atoms with Crippen LogP contribution < -0.4 is 0 Å². The summed E-state index contributed by atoms with van der Waals surface area (Å²) in [5.74, 6) is -1.12. The first kappa shape index (κ1) is 24.6. The molecule has 1 amide bonds. The van der Waals surface area contributed by atoms with Crippen LogP contribution in [-0.4, -0.2) is 40.1 Å². The summed E-state index contributed by atoms with van der Waals surface area (Å²) < 4.78 is 0. The normalized spacial score (nSPS) is 29.5. The van der Waals surface area contributed by atoms with E-state index in [4.69, 9.17) is 23.2 Å². The van der Waals surface area contributed by atoms with Crippen molar-refractivity contribution in [2.45, 2.75) is 63.0 Å². The van der Waals surface area contributed by atoms with Gasteiger partial charge in [0.25, 0.3) is 0 Å². The van der Waals surface area contributed by atoms with Crippen molar-refractivity contribution in [2.24, 2.45) is 16.7 Å². The maximum atomic E-state index is 13.9. The Bertz CT molecular complexity index is 1160. The number of carboxylic acid groups (broad SMARTS) is 1. The van der Waals surface area contributed by atoms with Crippen LogP contribution in [0.3, 0.4) is 0 Å². The van der Waals surface area contributed by atoms with Gasteiger partial charge in [0.1, 0.15) is 0 Å². The number of aliphatic hydroxyl groups is 1. The maximum absolute atomic E-state index is 13.9. The van der Waals surface area contributed by atoms with Gasteiger partial charge in [-0.2, -0.15) is 0 Å². The molecule has 5 nitrogen and oxygen atoms in total. The Morgan fingerprint density at radius 1 is 1.11 bits per heavy atom. The number of halogens is 2. The average molecular weight is 516 g/mol. The van der Waals surface area contributed by atoms with Crippen LogP contribution in [-0.2, 0) is 15.2 Å². The fourth-order valence-corrected chi connectivity index (χ4v) is 6.82. The van der Waals surface area contributed by atoms with Gasteiger partial charge in [0.15, 0.2) is 0 Å². The lowest BCUT2D eigenvalue weighted by atomic mass is 9.61. The number of rotatable bonds is 7. The number of aliphatic carboxylic acids is 1. The molecule has 0 bridgehead atoms. The highest BCUT2D eigenvalue weighted by Crippen LogP contribution is 2.65. The summed E-state index contributed by atoms with van der Waals surface area (Å²) in [5, 5.41) is 23.4. The van der Waals surface area contributed by atoms with E-state index in [1.54, 1.807) is 24.1 Å². The molecule has 186 valence electrons.